The minimum absolute atomic E-state index is 0.0223. The molecule has 0 aliphatic rings. The van der Waals surface area contributed by atoms with Crippen LogP contribution in [0.15, 0.2) is 45.5 Å². The molecule has 1 amide bonds. The van der Waals surface area contributed by atoms with E-state index >= 15 is 0 Å². The van der Waals surface area contributed by atoms with Crippen LogP contribution < -0.4 is 5.32 Å². The van der Waals surface area contributed by atoms with Crippen LogP contribution in [0.2, 0.25) is 0 Å². The van der Waals surface area contributed by atoms with E-state index in [4.69, 9.17) is 4.42 Å². The zero-order chi connectivity index (χ0) is 16.2. The fraction of sp³-hybridized carbons (Fsp3) is 0.267. The third-order valence-electron chi connectivity index (χ3n) is 3.24. The van der Waals surface area contributed by atoms with E-state index in [1.807, 2.05) is 42.1 Å². The summed E-state index contributed by atoms with van der Waals surface area (Å²) in [7, 11) is 1.86. The van der Waals surface area contributed by atoms with Crippen LogP contribution in [-0.4, -0.2) is 25.9 Å². The van der Waals surface area contributed by atoms with Gasteiger partial charge in [-0.1, -0.05) is 17.8 Å². The third-order valence-corrected chi connectivity index (χ3v) is 5.26. The van der Waals surface area contributed by atoms with Crippen molar-refractivity contribution < 1.29 is 9.21 Å². The van der Waals surface area contributed by atoms with Gasteiger partial charge in [-0.25, -0.2) is 0 Å². The van der Waals surface area contributed by atoms with Crippen molar-refractivity contribution in [2.45, 2.75) is 23.9 Å². The quantitative estimate of drug-likeness (QED) is 0.693. The molecule has 3 heterocycles. The van der Waals surface area contributed by atoms with E-state index in [-0.39, 0.29) is 11.2 Å². The average Bonchev–Trinajstić information content (AvgIpc) is 3.27. The summed E-state index contributed by atoms with van der Waals surface area (Å²) in [6.07, 6.45) is 1.59. The van der Waals surface area contributed by atoms with Gasteiger partial charge in [0.05, 0.1) is 18.1 Å². The number of hydrogen-bond acceptors (Lipinski definition) is 6. The molecule has 8 heteroatoms. The van der Waals surface area contributed by atoms with Crippen molar-refractivity contribution in [2.24, 2.45) is 7.05 Å². The van der Waals surface area contributed by atoms with Gasteiger partial charge in [-0.15, -0.1) is 21.5 Å². The van der Waals surface area contributed by atoms with Gasteiger partial charge < -0.3 is 14.3 Å². The molecule has 0 aliphatic heterocycles. The molecule has 0 radical (unpaired) electrons. The second-order valence-electron chi connectivity index (χ2n) is 4.90. The molecule has 0 aromatic carbocycles. The number of carbonyl (C=O) groups is 1. The molecule has 0 aliphatic carbocycles. The van der Waals surface area contributed by atoms with Gasteiger partial charge in [0.15, 0.2) is 16.7 Å². The number of aromatic nitrogens is 3. The van der Waals surface area contributed by atoms with Crippen LogP contribution in [-0.2, 0) is 18.4 Å². The highest BCUT2D eigenvalue weighted by molar-refractivity contribution is 8.00. The number of hydrogen-bond donors (Lipinski definition) is 1. The van der Waals surface area contributed by atoms with Crippen molar-refractivity contribution >= 4 is 29.0 Å². The molecule has 0 fully saturated rings. The van der Waals surface area contributed by atoms with Crippen molar-refractivity contribution in [1.82, 2.24) is 20.1 Å². The first-order valence-electron chi connectivity index (χ1n) is 7.05. The van der Waals surface area contributed by atoms with Gasteiger partial charge in [-0.05, 0) is 30.5 Å². The summed E-state index contributed by atoms with van der Waals surface area (Å²) in [5.41, 5.74) is 0. The van der Waals surface area contributed by atoms with Gasteiger partial charge in [0, 0.05) is 11.9 Å². The Morgan fingerprint density at radius 2 is 2.30 bits per heavy atom. The summed E-state index contributed by atoms with van der Waals surface area (Å²) in [5.74, 6) is 1.27. The number of rotatable bonds is 6. The summed E-state index contributed by atoms with van der Waals surface area (Å²) in [6, 6.07) is 7.61. The van der Waals surface area contributed by atoms with Crippen molar-refractivity contribution in [1.29, 1.82) is 0 Å². The highest BCUT2D eigenvalue weighted by Crippen LogP contribution is 2.25. The number of furan rings is 1. The SMILES string of the molecule is C[C@@H](Sc1nnc(-c2ccco2)n1C)C(=O)NCc1cccs1. The standard InChI is InChI=1S/C15H16N4O2S2/c1-10(14(20)16-9-11-5-4-8-22-11)23-15-18-17-13(19(15)2)12-6-3-7-21-12/h3-8,10H,9H2,1-2H3,(H,16,20)/t10-/m1/s1. The predicted octanol–water partition coefficient (Wildman–Crippen LogP) is 2.93. The fourth-order valence-corrected chi connectivity index (χ4v) is 3.46. The number of thiophene rings is 1. The van der Waals surface area contributed by atoms with Crippen molar-refractivity contribution in [2.75, 3.05) is 0 Å². The predicted molar refractivity (Wildman–Crippen MR) is 90.2 cm³/mol. The first-order chi connectivity index (χ1) is 11.1. The van der Waals surface area contributed by atoms with Gasteiger partial charge in [-0.2, -0.15) is 0 Å². The summed E-state index contributed by atoms with van der Waals surface area (Å²) < 4.78 is 7.16. The van der Waals surface area contributed by atoms with E-state index in [9.17, 15) is 4.79 Å². The number of nitrogens with one attached hydrogen (secondary N) is 1. The van der Waals surface area contributed by atoms with Crippen molar-refractivity contribution in [3.8, 4) is 11.6 Å². The van der Waals surface area contributed by atoms with Gasteiger partial charge in [-0.3, -0.25) is 4.79 Å². The lowest BCUT2D eigenvalue weighted by Crippen LogP contribution is -2.30. The van der Waals surface area contributed by atoms with Crippen LogP contribution in [0.25, 0.3) is 11.6 Å². The summed E-state index contributed by atoms with van der Waals surface area (Å²) >= 11 is 3.00. The third kappa shape index (κ3) is 3.65. The zero-order valence-electron chi connectivity index (χ0n) is 12.7. The Labute approximate surface area is 141 Å². The number of carbonyl (C=O) groups excluding carboxylic acids is 1. The molecule has 1 N–H and O–H groups in total. The second kappa shape index (κ2) is 7.01. The van der Waals surface area contributed by atoms with Gasteiger partial charge in [0.1, 0.15) is 0 Å². The fourth-order valence-electron chi connectivity index (χ4n) is 1.98. The van der Waals surface area contributed by atoms with Crippen LogP contribution in [0.1, 0.15) is 11.8 Å². The first kappa shape index (κ1) is 15.8. The maximum atomic E-state index is 12.2. The molecule has 23 heavy (non-hydrogen) atoms. The summed E-state index contributed by atoms with van der Waals surface area (Å²) in [4.78, 5) is 13.3. The molecule has 3 aromatic heterocycles. The Hall–Kier alpha value is -2.06. The lowest BCUT2D eigenvalue weighted by Gasteiger charge is -2.10. The van der Waals surface area contributed by atoms with Crippen molar-refractivity contribution in [3.63, 3.8) is 0 Å². The molecule has 3 aromatic rings. The Morgan fingerprint density at radius 1 is 1.43 bits per heavy atom. The van der Waals surface area contributed by atoms with E-state index < -0.39 is 0 Å². The largest absolute Gasteiger partial charge is 0.461 e. The zero-order valence-corrected chi connectivity index (χ0v) is 14.4. The van der Waals surface area contributed by atoms with E-state index in [1.54, 1.807) is 23.7 Å². The molecule has 3 rings (SSSR count). The number of thioether (sulfide) groups is 1. The average molecular weight is 348 g/mol. The monoisotopic (exact) mass is 348 g/mol. The van der Waals surface area contributed by atoms with Crippen LogP contribution in [0, 0.1) is 0 Å². The summed E-state index contributed by atoms with van der Waals surface area (Å²) in [5, 5.41) is 13.6. The molecule has 0 bridgehead atoms. The Bertz CT molecular complexity index is 766. The molecule has 6 nitrogen and oxygen atoms in total. The van der Waals surface area contributed by atoms with Gasteiger partial charge >= 0.3 is 0 Å². The van der Waals surface area contributed by atoms with Crippen LogP contribution in [0.4, 0.5) is 0 Å². The maximum Gasteiger partial charge on any atom is 0.233 e. The maximum absolute atomic E-state index is 12.2. The second-order valence-corrected chi connectivity index (χ2v) is 7.24. The van der Waals surface area contributed by atoms with E-state index in [0.29, 0.717) is 23.3 Å². The first-order valence-corrected chi connectivity index (χ1v) is 8.81. The minimum Gasteiger partial charge on any atom is -0.461 e. The van der Waals surface area contributed by atoms with E-state index in [2.05, 4.69) is 15.5 Å². The van der Waals surface area contributed by atoms with Crippen LogP contribution in [0.3, 0.4) is 0 Å². The molecular formula is C15H16N4O2S2. The Kier molecular flexibility index (Phi) is 4.82. The Morgan fingerprint density at radius 3 is 3.00 bits per heavy atom. The highest BCUT2D eigenvalue weighted by atomic mass is 32.2. The normalized spacial score (nSPS) is 12.3. The highest BCUT2D eigenvalue weighted by Gasteiger charge is 2.20. The lowest BCUT2D eigenvalue weighted by molar-refractivity contribution is -0.120. The van der Waals surface area contributed by atoms with E-state index in [1.165, 1.54) is 11.8 Å². The Balaban J connectivity index is 1.61. The topological polar surface area (TPSA) is 73.0 Å². The van der Waals surface area contributed by atoms with Crippen LogP contribution >= 0.6 is 23.1 Å². The van der Waals surface area contributed by atoms with Gasteiger partial charge in [0.2, 0.25) is 5.91 Å². The van der Waals surface area contributed by atoms with Crippen molar-refractivity contribution in [3.05, 3.63) is 40.8 Å². The summed E-state index contributed by atoms with van der Waals surface area (Å²) in [6.45, 7) is 2.41. The molecule has 1 atom stereocenters. The molecule has 0 unspecified atom stereocenters. The van der Waals surface area contributed by atoms with Gasteiger partial charge in [0.25, 0.3) is 0 Å². The molecule has 0 spiro atoms. The van der Waals surface area contributed by atoms with E-state index in [0.717, 1.165) is 4.88 Å². The molecule has 0 saturated carbocycles. The van der Waals surface area contributed by atoms with Crippen LogP contribution in [0.5, 0.6) is 0 Å². The number of nitrogens with zero attached hydrogens (tertiary/aromatic N) is 3. The molecular weight excluding hydrogens is 332 g/mol. The smallest absolute Gasteiger partial charge is 0.233 e. The molecule has 120 valence electrons. The minimum atomic E-state index is -0.262. The lowest BCUT2D eigenvalue weighted by atomic mass is 10.4. The number of amides is 1. The molecule has 0 saturated heterocycles.